The van der Waals surface area contributed by atoms with Gasteiger partial charge in [-0.25, -0.2) is 8.42 Å². The van der Waals surface area contributed by atoms with Crippen molar-refractivity contribution in [1.29, 1.82) is 0 Å². The maximum Gasteiger partial charge on any atom is 1.00 e. The molecular weight excluding hydrogens is 347 g/mol. The maximum atomic E-state index is 12.6. The van der Waals surface area contributed by atoms with Crippen LogP contribution in [0.1, 0.15) is 0 Å². The zero-order chi connectivity index (χ0) is 16.8. The van der Waals surface area contributed by atoms with E-state index in [4.69, 9.17) is 4.42 Å². The van der Waals surface area contributed by atoms with Gasteiger partial charge in [-0.05, 0) is 29.8 Å². The third kappa shape index (κ3) is 3.33. The molecule has 3 rings (SSSR count). The van der Waals surface area contributed by atoms with E-state index < -0.39 is 26.2 Å². The summed E-state index contributed by atoms with van der Waals surface area (Å²) in [6.45, 7) is 0. The first-order valence-corrected chi connectivity index (χ1v) is 7.73. The second-order valence-corrected chi connectivity index (χ2v) is 6.05. The Kier molecular flexibility index (Phi) is 5.07. The van der Waals surface area contributed by atoms with E-state index in [1.807, 2.05) is 0 Å². The first kappa shape index (κ1) is 18.5. The van der Waals surface area contributed by atoms with E-state index in [9.17, 15) is 28.0 Å². The van der Waals surface area contributed by atoms with Crippen molar-refractivity contribution >= 4 is 21.1 Å². The molecule has 24 heavy (non-hydrogen) atoms. The van der Waals surface area contributed by atoms with Gasteiger partial charge in [-0.3, -0.25) is 4.79 Å². The Morgan fingerprint density at radius 2 is 1.54 bits per heavy atom. The van der Waals surface area contributed by atoms with Crippen LogP contribution in [0.4, 0.5) is 0 Å². The van der Waals surface area contributed by atoms with E-state index in [2.05, 4.69) is 0 Å². The van der Waals surface area contributed by atoms with E-state index in [1.54, 1.807) is 0 Å². The summed E-state index contributed by atoms with van der Waals surface area (Å²) in [4.78, 5) is 12.6. The first-order valence-electron chi connectivity index (χ1n) is 6.32. The number of fused-ring (bicyclic) bond motifs is 1. The van der Waals surface area contributed by atoms with Crippen LogP contribution in [0.25, 0.3) is 22.1 Å². The maximum absolute atomic E-state index is 12.6. The number of hydrogen-bond acceptors (Lipinski definition) is 7. The smallest absolute Gasteiger partial charge is 0.742 e. The Hall–Kier alpha value is -1.84. The largest absolute Gasteiger partial charge is 1.00 e. The zero-order valence-electron chi connectivity index (χ0n) is 12.4. The topological polar surface area (TPSA) is 128 Å². The Morgan fingerprint density at radius 3 is 2.12 bits per heavy atom. The molecule has 9 heteroatoms. The predicted molar refractivity (Wildman–Crippen MR) is 79.2 cm³/mol. The second-order valence-electron chi connectivity index (χ2n) is 4.78. The molecule has 1 aromatic heterocycles. The standard InChI is InChI=1S/C15H10O7S.Na/c16-9-3-1-8(2-4-9)13-14(18)11-6-5-10(17)7-12(11)22-15(13)23(19,20)21;/h1-7,16-17H,(H,19,20,21);/q;+1/p-1. The van der Waals surface area contributed by atoms with Crippen LogP contribution >= 0.6 is 0 Å². The number of phenolic OH excluding ortho intramolecular Hbond substituents is 2. The van der Waals surface area contributed by atoms with Crippen LogP contribution in [0, 0.1) is 0 Å². The van der Waals surface area contributed by atoms with Gasteiger partial charge in [0, 0.05) is 6.07 Å². The molecule has 0 aliphatic heterocycles. The number of hydrogen-bond donors (Lipinski definition) is 2. The van der Waals surface area contributed by atoms with Gasteiger partial charge in [0.05, 0.1) is 10.9 Å². The molecule has 0 saturated heterocycles. The summed E-state index contributed by atoms with van der Waals surface area (Å²) in [6.07, 6.45) is 0. The van der Waals surface area contributed by atoms with Crippen LogP contribution in [0.15, 0.2) is 56.8 Å². The van der Waals surface area contributed by atoms with Gasteiger partial charge in [-0.1, -0.05) is 12.1 Å². The Bertz CT molecular complexity index is 1070. The van der Waals surface area contributed by atoms with E-state index in [0.717, 1.165) is 6.07 Å². The molecule has 0 unspecified atom stereocenters. The van der Waals surface area contributed by atoms with Crippen LogP contribution in [0.5, 0.6) is 11.5 Å². The van der Waals surface area contributed by atoms with Crippen molar-refractivity contribution in [3.05, 3.63) is 52.7 Å². The van der Waals surface area contributed by atoms with Gasteiger partial charge in [0.25, 0.3) is 0 Å². The van der Waals surface area contributed by atoms with Crippen molar-refractivity contribution in [2.45, 2.75) is 5.09 Å². The molecule has 3 aromatic rings. The molecule has 0 saturated carbocycles. The summed E-state index contributed by atoms with van der Waals surface area (Å²) in [5.41, 5.74) is -1.25. The molecule has 118 valence electrons. The minimum absolute atomic E-state index is 0. The molecule has 0 radical (unpaired) electrons. The molecular formula is C15H9NaO7S. The van der Waals surface area contributed by atoms with Gasteiger partial charge < -0.3 is 19.2 Å². The number of aromatic hydroxyl groups is 2. The Labute approximate surface area is 158 Å². The fraction of sp³-hybridized carbons (Fsp3) is 0. The fourth-order valence-corrected chi connectivity index (χ4v) is 2.87. The SMILES string of the molecule is O=c1c(-c2ccc(O)cc2)c(S(=O)(=O)[O-])oc2cc(O)ccc12.[Na+]. The normalized spacial score (nSPS) is 11.2. The second kappa shape index (κ2) is 6.58. The molecule has 0 atom stereocenters. The van der Waals surface area contributed by atoms with Gasteiger partial charge in [0.1, 0.15) is 17.1 Å². The molecule has 0 amide bonds. The third-order valence-corrected chi connectivity index (χ3v) is 3.97. The van der Waals surface area contributed by atoms with Crippen LogP contribution in [0.3, 0.4) is 0 Å². The van der Waals surface area contributed by atoms with Crippen molar-refractivity contribution in [3.63, 3.8) is 0 Å². The third-order valence-electron chi connectivity index (χ3n) is 3.23. The molecule has 2 N–H and O–H groups in total. The minimum Gasteiger partial charge on any atom is -0.742 e. The zero-order valence-corrected chi connectivity index (χ0v) is 15.2. The summed E-state index contributed by atoms with van der Waals surface area (Å²) < 4.78 is 39.5. The Balaban J connectivity index is 0.00000208. The van der Waals surface area contributed by atoms with Crippen molar-refractivity contribution in [2.75, 3.05) is 0 Å². The van der Waals surface area contributed by atoms with Gasteiger partial charge in [-0.15, -0.1) is 0 Å². The Morgan fingerprint density at radius 1 is 0.958 bits per heavy atom. The summed E-state index contributed by atoms with van der Waals surface area (Å²) in [7, 11) is -5.08. The molecule has 0 spiro atoms. The quantitative estimate of drug-likeness (QED) is 0.435. The van der Waals surface area contributed by atoms with Crippen LogP contribution in [-0.4, -0.2) is 23.2 Å². The number of benzene rings is 2. The van der Waals surface area contributed by atoms with Crippen molar-refractivity contribution in [3.8, 4) is 22.6 Å². The average molecular weight is 356 g/mol. The summed E-state index contributed by atoms with van der Waals surface area (Å²) >= 11 is 0. The van der Waals surface area contributed by atoms with E-state index in [1.165, 1.54) is 36.4 Å². The average Bonchev–Trinajstić information content (AvgIpc) is 2.47. The van der Waals surface area contributed by atoms with E-state index in [-0.39, 0.29) is 57.6 Å². The predicted octanol–water partition coefficient (Wildman–Crippen LogP) is -1.22. The number of phenols is 2. The van der Waals surface area contributed by atoms with E-state index in [0.29, 0.717) is 0 Å². The van der Waals surface area contributed by atoms with Crippen molar-refractivity contribution in [2.24, 2.45) is 0 Å². The van der Waals surface area contributed by atoms with Gasteiger partial charge in [0.2, 0.25) is 10.5 Å². The first-order chi connectivity index (χ1) is 10.8. The summed E-state index contributed by atoms with van der Waals surface area (Å²) in [6, 6.07) is 8.64. The van der Waals surface area contributed by atoms with Gasteiger partial charge >= 0.3 is 29.6 Å². The molecule has 0 bridgehead atoms. The molecule has 0 fully saturated rings. The molecule has 1 heterocycles. The van der Waals surface area contributed by atoms with E-state index >= 15 is 0 Å². The minimum atomic E-state index is -5.08. The molecule has 2 aromatic carbocycles. The summed E-state index contributed by atoms with van der Waals surface area (Å²) in [5.74, 6) is -0.331. The monoisotopic (exact) mass is 356 g/mol. The molecule has 0 aliphatic carbocycles. The van der Waals surface area contributed by atoms with Crippen LogP contribution in [-0.2, 0) is 10.1 Å². The molecule has 0 aliphatic rings. The van der Waals surface area contributed by atoms with Crippen molar-refractivity contribution < 1.29 is 57.2 Å². The van der Waals surface area contributed by atoms with Crippen LogP contribution < -0.4 is 35.0 Å². The van der Waals surface area contributed by atoms with Gasteiger partial charge in [-0.2, -0.15) is 0 Å². The van der Waals surface area contributed by atoms with Gasteiger partial charge in [0.15, 0.2) is 10.1 Å². The summed E-state index contributed by atoms with van der Waals surface area (Å²) in [5, 5.41) is 17.7. The molecule has 7 nitrogen and oxygen atoms in total. The number of rotatable bonds is 2. The fourth-order valence-electron chi connectivity index (χ4n) is 2.21. The van der Waals surface area contributed by atoms with Crippen LogP contribution in [0.2, 0.25) is 0 Å². The van der Waals surface area contributed by atoms with Crippen molar-refractivity contribution in [1.82, 2.24) is 0 Å².